The average molecular weight is 324 g/mol. The van der Waals surface area contributed by atoms with Crippen LogP contribution in [-0.2, 0) is 6.42 Å². The van der Waals surface area contributed by atoms with Crippen molar-refractivity contribution in [2.24, 2.45) is 0 Å². The van der Waals surface area contributed by atoms with Crippen LogP contribution in [0.4, 0.5) is 5.82 Å². The Labute approximate surface area is 143 Å². The Balaban J connectivity index is 1.56. The number of carbonyl (C=O) groups is 1. The van der Waals surface area contributed by atoms with Crippen LogP contribution in [0.25, 0.3) is 0 Å². The first kappa shape index (κ1) is 16.4. The van der Waals surface area contributed by atoms with E-state index in [-0.39, 0.29) is 5.91 Å². The highest BCUT2D eigenvalue weighted by molar-refractivity contribution is 5.93. The van der Waals surface area contributed by atoms with E-state index in [9.17, 15) is 4.79 Å². The molecule has 0 spiro atoms. The first-order valence-corrected chi connectivity index (χ1v) is 8.65. The monoisotopic (exact) mass is 324 g/mol. The highest BCUT2D eigenvalue weighted by Crippen LogP contribution is 2.14. The lowest BCUT2D eigenvalue weighted by Gasteiger charge is -2.15. The molecular formula is C19H24N4O. The van der Waals surface area contributed by atoms with Gasteiger partial charge in [0.1, 0.15) is 17.3 Å². The number of hydrogen-bond donors (Lipinski definition) is 1. The quantitative estimate of drug-likeness (QED) is 0.830. The molecule has 126 valence electrons. The second kappa shape index (κ2) is 7.90. The van der Waals surface area contributed by atoms with Crippen LogP contribution in [0.3, 0.4) is 0 Å². The van der Waals surface area contributed by atoms with Gasteiger partial charge in [-0.25, -0.2) is 9.97 Å². The lowest BCUT2D eigenvalue weighted by atomic mass is 10.1. The van der Waals surface area contributed by atoms with Crippen molar-refractivity contribution in [1.82, 2.24) is 14.9 Å². The Hall–Kier alpha value is -2.43. The Morgan fingerprint density at radius 1 is 1.17 bits per heavy atom. The van der Waals surface area contributed by atoms with Crippen molar-refractivity contribution in [2.75, 3.05) is 25.0 Å². The van der Waals surface area contributed by atoms with Crippen molar-refractivity contribution in [2.45, 2.75) is 32.6 Å². The summed E-state index contributed by atoms with van der Waals surface area (Å²) < 4.78 is 0. The summed E-state index contributed by atoms with van der Waals surface area (Å²) in [4.78, 5) is 23.1. The zero-order valence-electron chi connectivity index (χ0n) is 14.2. The van der Waals surface area contributed by atoms with Crippen molar-refractivity contribution in [3.8, 4) is 0 Å². The van der Waals surface area contributed by atoms with E-state index in [1.165, 1.54) is 5.56 Å². The fraction of sp³-hybridized carbons (Fsp3) is 0.421. The van der Waals surface area contributed by atoms with Crippen molar-refractivity contribution in [3.63, 3.8) is 0 Å². The van der Waals surface area contributed by atoms with Crippen molar-refractivity contribution in [3.05, 3.63) is 53.5 Å². The molecule has 0 aliphatic carbocycles. The molecule has 1 aromatic heterocycles. The van der Waals surface area contributed by atoms with E-state index in [0.717, 1.165) is 51.1 Å². The number of amides is 1. The second-order valence-corrected chi connectivity index (χ2v) is 6.20. The highest BCUT2D eigenvalue weighted by Gasteiger charge is 2.21. The van der Waals surface area contributed by atoms with Gasteiger partial charge in [-0.1, -0.05) is 30.3 Å². The summed E-state index contributed by atoms with van der Waals surface area (Å²) in [6.45, 7) is 4.32. The van der Waals surface area contributed by atoms with Crippen molar-refractivity contribution < 1.29 is 4.79 Å². The number of nitrogens with one attached hydrogen (secondary N) is 1. The van der Waals surface area contributed by atoms with Crippen molar-refractivity contribution in [1.29, 1.82) is 0 Å². The molecule has 3 rings (SSSR count). The number of carbonyl (C=O) groups excluding carboxylic acids is 1. The molecule has 1 fully saturated rings. The van der Waals surface area contributed by atoms with E-state index in [2.05, 4.69) is 39.6 Å². The second-order valence-electron chi connectivity index (χ2n) is 6.20. The van der Waals surface area contributed by atoms with Gasteiger partial charge in [0.25, 0.3) is 5.91 Å². The van der Waals surface area contributed by atoms with Gasteiger partial charge in [-0.3, -0.25) is 4.79 Å². The molecule has 2 aromatic rings. The van der Waals surface area contributed by atoms with E-state index >= 15 is 0 Å². The maximum Gasteiger partial charge on any atom is 0.272 e. The fourth-order valence-corrected chi connectivity index (χ4v) is 3.00. The predicted octanol–water partition coefficient (Wildman–Crippen LogP) is 3.07. The van der Waals surface area contributed by atoms with Crippen molar-refractivity contribution >= 4 is 11.7 Å². The minimum absolute atomic E-state index is 0.0188. The van der Waals surface area contributed by atoms with Crippen LogP contribution in [0.1, 0.15) is 41.1 Å². The molecule has 1 aliphatic heterocycles. The first-order valence-electron chi connectivity index (χ1n) is 8.65. The standard InChI is InChI=1S/C19H24N4O/c1-15-21-17(19(24)23-12-5-6-13-23)14-18(22-15)20-11-7-10-16-8-3-2-4-9-16/h2-4,8-9,14H,5-7,10-13H2,1H3,(H,20,21,22). The Kier molecular flexibility index (Phi) is 5.41. The summed E-state index contributed by atoms with van der Waals surface area (Å²) in [5.41, 5.74) is 1.83. The number of benzene rings is 1. The summed E-state index contributed by atoms with van der Waals surface area (Å²) in [5, 5.41) is 3.32. The van der Waals surface area contributed by atoms with Gasteiger partial charge in [-0.2, -0.15) is 0 Å². The highest BCUT2D eigenvalue weighted by atomic mass is 16.2. The van der Waals surface area contributed by atoms with Crippen LogP contribution < -0.4 is 5.32 Å². The number of rotatable bonds is 6. The molecule has 0 atom stereocenters. The maximum absolute atomic E-state index is 12.5. The Morgan fingerprint density at radius 3 is 2.67 bits per heavy atom. The van der Waals surface area contributed by atoms with Gasteiger partial charge in [-0.05, 0) is 38.2 Å². The molecule has 0 bridgehead atoms. The Morgan fingerprint density at radius 2 is 1.92 bits per heavy atom. The van der Waals surface area contributed by atoms with E-state index in [1.54, 1.807) is 6.07 Å². The number of nitrogens with zero attached hydrogens (tertiary/aromatic N) is 3. The number of likely N-dealkylation sites (tertiary alicyclic amines) is 1. The van der Waals surface area contributed by atoms with Gasteiger partial charge in [0, 0.05) is 25.7 Å². The summed E-state index contributed by atoms with van der Waals surface area (Å²) >= 11 is 0. The Bertz CT molecular complexity index is 681. The van der Waals surface area contributed by atoms with Crippen LogP contribution in [0.5, 0.6) is 0 Å². The summed E-state index contributed by atoms with van der Waals surface area (Å²) in [6, 6.07) is 12.2. The molecule has 1 saturated heterocycles. The van der Waals surface area contributed by atoms with E-state index in [4.69, 9.17) is 0 Å². The third-order valence-electron chi connectivity index (χ3n) is 4.24. The smallest absolute Gasteiger partial charge is 0.272 e. The largest absolute Gasteiger partial charge is 0.370 e. The maximum atomic E-state index is 12.5. The van der Waals surface area contributed by atoms with Crippen LogP contribution in [0, 0.1) is 6.92 Å². The third-order valence-corrected chi connectivity index (χ3v) is 4.24. The minimum atomic E-state index is 0.0188. The molecule has 1 amide bonds. The molecule has 0 saturated carbocycles. The van der Waals surface area contributed by atoms with Gasteiger partial charge in [-0.15, -0.1) is 0 Å². The van der Waals surface area contributed by atoms with Gasteiger partial charge in [0.2, 0.25) is 0 Å². The molecule has 0 radical (unpaired) electrons. The molecule has 1 N–H and O–H groups in total. The van der Waals surface area contributed by atoms with Gasteiger partial charge in [0.05, 0.1) is 0 Å². The number of aryl methyl sites for hydroxylation is 2. The molecule has 0 unspecified atom stereocenters. The molecular weight excluding hydrogens is 300 g/mol. The predicted molar refractivity (Wildman–Crippen MR) is 95.2 cm³/mol. The zero-order chi connectivity index (χ0) is 16.8. The molecule has 5 heteroatoms. The summed E-state index contributed by atoms with van der Waals surface area (Å²) in [6.07, 6.45) is 4.21. The topological polar surface area (TPSA) is 58.1 Å². The molecule has 1 aliphatic rings. The van der Waals surface area contributed by atoms with Crippen LogP contribution in [0.2, 0.25) is 0 Å². The number of aromatic nitrogens is 2. The molecule has 2 heterocycles. The molecule has 1 aromatic carbocycles. The SMILES string of the molecule is Cc1nc(NCCCc2ccccc2)cc(C(=O)N2CCCC2)n1. The lowest BCUT2D eigenvalue weighted by molar-refractivity contribution is 0.0786. The first-order chi connectivity index (χ1) is 11.7. The van der Waals surface area contributed by atoms with Gasteiger partial charge in [0.15, 0.2) is 0 Å². The van der Waals surface area contributed by atoms with E-state index < -0.39 is 0 Å². The van der Waals surface area contributed by atoms with Gasteiger partial charge < -0.3 is 10.2 Å². The van der Waals surface area contributed by atoms with Crippen LogP contribution >= 0.6 is 0 Å². The molecule has 5 nitrogen and oxygen atoms in total. The normalized spacial score (nSPS) is 14.0. The van der Waals surface area contributed by atoms with E-state index in [1.807, 2.05) is 17.9 Å². The van der Waals surface area contributed by atoms with Gasteiger partial charge >= 0.3 is 0 Å². The van der Waals surface area contributed by atoms with E-state index in [0.29, 0.717) is 11.5 Å². The average Bonchev–Trinajstić information content (AvgIpc) is 3.13. The summed E-state index contributed by atoms with van der Waals surface area (Å²) in [5.74, 6) is 1.38. The van der Waals surface area contributed by atoms with Crippen LogP contribution in [0.15, 0.2) is 36.4 Å². The number of hydrogen-bond acceptors (Lipinski definition) is 4. The zero-order valence-corrected chi connectivity index (χ0v) is 14.2. The fourth-order valence-electron chi connectivity index (χ4n) is 3.00. The minimum Gasteiger partial charge on any atom is -0.370 e. The lowest BCUT2D eigenvalue weighted by Crippen LogP contribution is -2.28. The number of anilines is 1. The molecule has 24 heavy (non-hydrogen) atoms. The summed E-state index contributed by atoms with van der Waals surface area (Å²) in [7, 11) is 0. The van der Waals surface area contributed by atoms with Crippen LogP contribution in [-0.4, -0.2) is 40.4 Å². The third kappa shape index (κ3) is 4.31.